The summed E-state index contributed by atoms with van der Waals surface area (Å²) in [7, 11) is 0. The SMILES string of the molecule is O=c1[nH]nc(-c2ccc(Br)cc2)c2c1Nc1nnnn1[C@@H]2c1cccc([N+](=O)[O-])c1. The van der Waals surface area contributed by atoms with Gasteiger partial charge in [0.15, 0.2) is 0 Å². The number of rotatable bonds is 3. The largest absolute Gasteiger partial charge is 0.318 e. The zero-order chi connectivity index (χ0) is 20.8. The molecular formula is C18H11BrN8O3. The Morgan fingerprint density at radius 2 is 1.97 bits per heavy atom. The zero-order valence-electron chi connectivity index (χ0n) is 15.0. The molecule has 2 N–H and O–H groups in total. The van der Waals surface area contributed by atoms with Gasteiger partial charge < -0.3 is 5.32 Å². The first-order valence-corrected chi connectivity index (χ1v) is 9.50. The number of fused-ring (bicyclic) bond motifs is 2. The van der Waals surface area contributed by atoms with Crippen molar-refractivity contribution in [2.45, 2.75) is 6.04 Å². The van der Waals surface area contributed by atoms with Crippen molar-refractivity contribution in [1.82, 2.24) is 30.4 Å². The Bertz CT molecular complexity index is 1350. The standard InChI is InChI=1S/C18H11BrN8O3/c19-11-6-4-9(5-7-11)14-13-15(17(28)22-21-14)20-18-23-24-25-26(18)16(13)10-2-1-3-12(8-10)27(29)30/h1-8,16H,(H,22,28)(H,20,23,25)/t16-/m1/s1. The number of nitrogens with zero attached hydrogens (tertiary/aromatic N) is 6. The molecule has 0 saturated carbocycles. The predicted octanol–water partition coefficient (Wildman–Crippen LogP) is 2.79. The number of benzene rings is 2. The molecule has 2 aromatic heterocycles. The molecule has 148 valence electrons. The van der Waals surface area contributed by atoms with Crippen molar-refractivity contribution in [2.24, 2.45) is 0 Å². The molecule has 12 heteroatoms. The van der Waals surface area contributed by atoms with Gasteiger partial charge in [0.2, 0.25) is 5.95 Å². The summed E-state index contributed by atoms with van der Waals surface area (Å²) >= 11 is 3.41. The van der Waals surface area contributed by atoms with E-state index in [1.807, 2.05) is 24.3 Å². The molecule has 4 aromatic rings. The second-order valence-electron chi connectivity index (χ2n) is 6.52. The minimum Gasteiger partial charge on any atom is -0.318 e. The van der Waals surface area contributed by atoms with Crippen LogP contribution in [0.5, 0.6) is 0 Å². The molecule has 11 nitrogen and oxygen atoms in total. The number of tetrazole rings is 1. The lowest BCUT2D eigenvalue weighted by molar-refractivity contribution is -0.384. The number of nitrogens with one attached hydrogen (secondary N) is 2. The lowest BCUT2D eigenvalue weighted by Gasteiger charge is -2.27. The van der Waals surface area contributed by atoms with Gasteiger partial charge in [-0.2, -0.15) is 9.78 Å². The number of anilines is 2. The quantitative estimate of drug-likeness (QED) is 0.305. The van der Waals surface area contributed by atoms with Crippen LogP contribution < -0.4 is 10.9 Å². The van der Waals surface area contributed by atoms with Gasteiger partial charge in [-0.3, -0.25) is 14.9 Å². The van der Waals surface area contributed by atoms with Crippen molar-refractivity contribution in [3.8, 4) is 11.3 Å². The topological polar surface area (TPSA) is 145 Å². The molecule has 3 heterocycles. The second-order valence-corrected chi connectivity index (χ2v) is 7.44. The van der Waals surface area contributed by atoms with Crippen LogP contribution in [0, 0.1) is 10.1 Å². The number of hydrogen-bond acceptors (Lipinski definition) is 8. The fourth-order valence-corrected chi connectivity index (χ4v) is 3.75. The van der Waals surface area contributed by atoms with Crippen molar-refractivity contribution < 1.29 is 4.92 Å². The Morgan fingerprint density at radius 3 is 2.73 bits per heavy atom. The predicted molar refractivity (Wildman–Crippen MR) is 109 cm³/mol. The number of hydrogen-bond donors (Lipinski definition) is 2. The molecule has 0 bridgehead atoms. The highest BCUT2D eigenvalue weighted by Gasteiger charge is 2.34. The van der Waals surface area contributed by atoms with Crippen molar-refractivity contribution in [3.63, 3.8) is 0 Å². The van der Waals surface area contributed by atoms with Gasteiger partial charge in [0, 0.05) is 27.7 Å². The van der Waals surface area contributed by atoms with Crippen LogP contribution in [-0.4, -0.2) is 35.3 Å². The highest BCUT2D eigenvalue weighted by molar-refractivity contribution is 9.10. The van der Waals surface area contributed by atoms with Crippen molar-refractivity contribution in [2.75, 3.05) is 5.32 Å². The molecule has 0 aliphatic carbocycles. The Hall–Kier alpha value is -3.93. The number of aromatic nitrogens is 6. The van der Waals surface area contributed by atoms with Crippen LogP contribution in [0.2, 0.25) is 0 Å². The van der Waals surface area contributed by atoms with Crippen molar-refractivity contribution in [3.05, 3.63) is 84.6 Å². The van der Waals surface area contributed by atoms with E-state index in [1.165, 1.54) is 16.8 Å². The third kappa shape index (κ3) is 2.85. The highest BCUT2D eigenvalue weighted by atomic mass is 79.9. The van der Waals surface area contributed by atoms with E-state index in [0.717, 1.165) is 10.0 Å². The van der Waals surface area contributed by atoms with Gasteiger partial charge in [0.1, 0.15) is 11.7 Å². The normalized spacial score (nSPS) is 14.5. The molecular weight excluding hydrogens is 456 g/mol. The molecule has 2 aromatic carbocycles. The molecule has 1 atom stereocenters. The molecule has 5 rings (SSSR count). The molecule has 0 spiro atoms. The van der Waals surface area contributed by atoms with Gasteiger partial charge in [-0.25, -0.2) is 5.10 Å². The van der Waals surface area contributed by atoms with Crippen LogP contribution >= 0.6 is 15.9 Å². The van der Waals surface area contributed by atoms with Gasteiger partial charge in [-0.1, -0.05) is 45.3 Å². The van der Waals surface area contributed by atoms with E-state index in [2.05, 4.69) is 47.0 Å². The summed E-state index contributed by atoms with van der Waals surface area (Å²) in [5.41, 5.74) is 2.02. The van der Waals surface area contributed by atoms with Crippen LogP contribution in [0.25, 0.3) is 11.3 Å². The molecule has 1 aliphatic heterocycles. The molecule has 0 fully saturated rings. The third-order valence-corrected chi connectivity index (χ3v) is 5.31. The minimum absolute atomic E-state index is 0.0785. The maximum absolute atomic E-state index is 12.6. The lowest BCUT2D eigenvalue weighted by atomic mass is 9.92. The van der Waals surface area contributed by atoms with E-state index in [0.29, 0.717) is 16.8 Å². The monoisotopic (exact) mass is 466 g/mol. The molecule has 0 amide bonds. The Labute approximate surface area is 176 Å². The molecule has 1 aliphatic rings. The number of aromatic amines is 1. The summed E-state index contributed by atoms with van der Waals surface area (Å²) in [6.07, 6.45) is 0. The maximum Gasteiger partial charge on any atom is 0.288 e. The van der Waals surface area contributed by atoms with Crippen LogP contribution in [0.4, 0.5) is 17.3 Å². The summed E-state index contributed by atoms with van der Waals surface area (Å²) in [6.45, 7) is 0. The summed E-state index contributed by atoms with van der Waals surface area (Å²) in [6, 6.07) is 12.9. The number of halogens is 1. The zero-order valence-corrected chi connectivity index (χ0v) is 16.6. The average molecular weight is 467 g/mol. The Kier molecular flexibility index (Phi) is 4.13. The summed E-state index contributed by atoms with van der Waals surface area (Å²) in [4.78, 5) is 23.5. The Morgan fingerprint density at radius 1 is 1.17 bits per heavy atom. The molecule has 0 saturated heterocycles. The lowest BCUT2D eigenvalue weighted by Crippen LogP contribution is -2.29. The molecule has 0 radical (unpaired) electrons. The summed E-state index contributed by atoms with van der Waals surface area (Å²) in [5.74, 6) is 0.248. The van der Waals surface area contributed by atoms with Crippen LogP contribution in [0.15, 0.2) is 57.8 Å². The van der Waals surface area contributed by atoms with Gasteiger partial charge in [0.05, 0.1) is 10.6 Å². The van der Waals surface area contributed by atoms with E-state index in [-0.39, 0.29) is 17.3 Å². The van der Waals surface area contributed by atoms with Crippen molar-refractivity contribution in [1.29, 1.82) is 0 Å². The smallest absolute Gasteiger partial charge is 0.288 e. The van der Waals surface area contributed by atoms with E-state index < -0.39 is 16.5 Å². The van der Waals surface area contributed by atoms with E-state index in [4.69, 9.17) is 0 Å². The minimum atomic E-state index is -0.695. The highest BCUT2D eigenvalue weighted by Crippen LogP contribution is 2.41. The molecule has 30 heavy (non-hydrogen) atoms. The van der Waals surface area contributed by atoms with Gasteiger partial charge in [-0.15, -0.1) is 0 Å². The van der Waals surface area contributed by atoms with E-state index in [1.54, 1.807) is 12.1 Å². The summed E-state index contributed by atoms with van der Waals surface area (Å²) in [5, 5.41) is 32.7. The van der Waals surface area contributed by atoms with Crippen LogP contribution in [-0.2, 0) is 0 Å². The fourth-order valence-electron chi connectivity index (χ4n) is 3.48. The number of non-ortho nitro benzene ring substituents is 1. The first-order chi connectivity index (χ1) is 14.5. The van der Waals surface area contributed by atoms with E-state index >= 15 is 0 Å². The first kappa shape index (κ1) is 18.1. The van der Waals surface area contributed by atoms with Gasteiger partial charge >= 0.3 is 0 Å². The van der Waals surface area contributed by atoms with Crippen molar-refractivity contribution >= 4 is 33.3 Å². The number of nitro benzene ring substituents is 1. The molecule has 0 unspecified atom stereocenters. The summed E-state index contributed by atoms with van der Waals surface area (Å²) < 4.78 is 2.37. The van der Waals surface area contributed by atoms with Gasteiger partial charge in [-0.05, 0) is 28.1 Å². The average Bonchev–Trinajstić information content (AvgIpc) is 3.22. The maximum atomic E-state index is 12.6. The number of nitro groups is 1. The Balaban J connectivity index is 1.81. The fraction of sp³-hybridized carbons (Fsp3) is 0.0556. The first-order valence-electron chi connectivity index (χ1n) is 8.70. The van der Waals surface area contributed by atoms with Crippen LogP contribution in [0.1, 0.15) is 17.2 Å². The van der Waals surface area contributed by atoms with Gasteiger partial charge in [0.25, 0.3) is 11.2 Å². The third-order valence-electron chi connectivity index (χ3n) is 4.78. The number of H-pyrrole nitrogens is 1. The second kappa shape index (κ2) is 6.84. The van der Waals surface area contributed by atoms with E-state index in [9.17, 15) is 14.9 Å². The van der Waals surface area contributed by atoms with Crippen LogP contribution in [0.3, 0.4) is 0 Å².